The predicted molar refractivity (Wildman–Crippen MR) is 78.8 cm³/mol. The van der Waals surface area contributed by atoms with E-state index in [1.165, 1.54) is 4.31 Å². The van der Waals surface area contributed by atoms with Gasteiger partial charge >= 0.3 is 0 Å². The molecule has 8 heteroatoms. The Labute approximate surface area is 121 Å². The van der Waals surface area contributed by atoms with Crippen molar-refractivity contribution < 1.29 is 13.6 Å². The van der Waals surface area contributed by atoms with E-state index < -0.39 is 10.2 Å². The Hall–Kier alpha value is -0.860. The van der Waals surface area contributed by atoms with Gasteiger partial charge in [-0.2, -0.15) is 17.0 Å². The lowest BCUT2D eigenvalue weighted by Gasteiger charge is -2.37. The normalized spacial score (nSPS) is 22.6. The summed E-state index contributed by atoms with van der Waals surface area (Å²) in [4.78, 5) is 0. The Balaban J connectivity index is 2.88. The van der Waals surface area contributed by atoms with Gasteiger partial charge in [0.1, 0.15) is 5.84 Å². The van der Waals surface area contributed by atoms with Gasteiger partial charge in [-0.1, -0.05) is 11.6 Å². The number of piperidine rings is 1. The van der Waals surface area contributed by atoms with E-state index in [1.807, 2.05) is 20.8 Å². The van der Waals surface area contributed by atoms with E-state index >= 15 is 0 Å². The van der Waals surface area contributed by atoms with Crippen molar-refractivity contribution in [1.82, 2.24) is 8.61 Å². The van der Waals surface area contributed by atoms with E-state index in [1.54, 1.807) is 4.31 Å². The van der Waals surface area contributed by atoms with Crippen LogP contribution in [0.15, 0.2) is 5.16 Å². The van der Waals surface area contributed by atoms with Gasteiger partial charge in [-0.05, 0) is 33.6 Å². The monoisotopic (exact) mass is 306 g/mol. The fraction of sp³-hybridized carbons (Fsp3) is 0.917. The molecule has 0 aromatic carbocycles. The van der Waals surface area contributed by atoms with Crippen molar-refractivity contribution >= 4 is 16.0 Å². The van der Waals surface area contributed by atoms with Crippen molar-refractivity contribution in [2.24, 2.45) is 10.9 Å². The zero-order chi connectivity index (χ0) is 15.3. The molecule has 20 heavy (non-hydrogen) atoms. The van der Waals surface area contributed by atoms with Crippen molar-refractivity contribution in [2.75, 3.05) is 13.1 Å². The van der Waals surface area contributed by atoms with E-state index in [4.69, 9.17) is 10.9 Å². The van der Waals surface area contributed by atoms with E-state index in [0.717, 1.165) is 19.3 Å². The number of nitrogens with two attached hydrogens (primary N) is 1. The zero-order valence-corrected chi connectivity index (χ0v) is 13.3. The summed E-state index contributed by atoms with van der Waals surface area (Å²) in [6.07, 6.45) is 3.08. The van der Waals surface area contributed by atoms with Crippen LogP contribution in [0.4, 0.5) is 0 Å². The number of amidine groups is 1. The van der Waals surface area contributed by atoms with E-state index in [2.05, 4.69) is 5.16 Å². The fourth-order valence-electron chi connectivity index (χ4n) is 2.46. The Morgan fingerprint density at radius 1 is 1.50 bits per heavy atom. The summed E-state index contributed by atoms with van der Waals surface area (Å²) in [6, 6.07) is -0.139. The molecule has 3 N–H and O–H groups in total. The van der Waals surface area contributed by atoms with Crippen LogP contribution < -0.4 is 5.73 Å². The first-order chi connectivity index (χ1) is 9.30. The summed E-state index contributed by atoms with van der Waals surface area (Å²) in [6.45, 7) is 6.39. The summed E-state index contributed by atoms with van der Waals surface area (Å²) >= 11 is 0. The maximum atomic E-state index is 12.7. The second kappa shape index (κ2) is 7.24. The van der Waals surface area contributed by atoms with Gasteiger partial charge in [0.05, 0.1) is 0 Å². The standard InChI is InChI=1S/C12H26N4O3S/c1-10(2)15(9-7-12(13)14-17)20(18,19)16-8-5-4-6-11(16)3/h10-11,17H,4-9H2,1-3H3,(H2,13,14). The van der Waals surface area contributed by atoms with Gasteiger partial charge in [0, 0.05) is 31.6 Å². The van der Waals surface area contributed by atoms with Crippen LogP contribution in [0.25, 0.3) is 0 Å². The van der Waals surface area contributed by atoms with Gasteiger partial charge in [-0.15, -0.1) is 0 Å². The molecule has 0 radical (unpaired) electrons. The molecule has 1 rings (SSSR count). The average molecular weight is 306 g/mol. The van der Waals surface area contributed by atoms with E-state index in [-0.39, 0.29) is 30.9 Å². The lowest BCUT2D eigenvalue weighted by Crippen LogP contribution is -2.52. The molecule has 0 aliphatic carbocycles. The van der Waals surface area contributed by atoms with Gasteiger partial charge in [0.2, 0.25) is 0 Å². The second-order valence-electron chi connectivity index (χ2n) is 5.51. The summed E-state index contributed by atoms with van der Waals surface area (Å²) in [5.41, 5.74) is 5.44. The second-order valence-corrected chi connectivity index (χ2v) is 7.34. The molecule has 1 atom stereocenters. The number of oxime groups is 1. The topological polar surface area (TPSA) is 99.2 Å². The smallest absolute Gasteiger partial charge is 0.282 e. The van der Waals surface area contributed by atoms with Crippen molar-refractivity contribution in [1.29, 1.82) is 0 Å². The maximum absolute atomic E-state index is 12.7. The highest BCUT2D eigenvalue weighted by Crippen LogP contribution is 2.23. The lowest BCUT2D eigenvalue weighted by molar-refractivity contribution is 0.235. The summed E-state index contributed by atoms with van der Waals surface area (Å²) in [5, 5.41) is 11.5. The Kier molecular flexibility index (Phi) is 6.22. The van der Waals surface area contributed by atoms with Gasteiger partial charge in [-0.25, -0.2) is 0 Å². The summed E-state index contributed by atoms with van der Waals surface area (Å²) in [5.74, 6) is 0.0394. The molecule has 0 spiro atoms. The largest absolute Gasteiger partial charge is 0.409 e. The molecule has 1 heterocycles. The highest BCUT2D eigenvalue weighted by atomic mass is 32.2. The number of hydrogen-bond donors (Lipinski definition) is 2. The van der Waals surface area contributed by atoms with Crippen LogP contribution >= 0.6 is 0 Å². The molecule has 0 aromatic rings. The average Bonchev–Trinajstić information content (AvgIpc) is 2.38. The third-order valence-electron chi connectivity index (χ3n) is 3.63. The zero-order valence-electron chi connectivity index (χ0n) is 12.5. The van der Waals surface area contributed by atoms with Gasteiger partial charge in [0.25, 0.3) is 10.2 Å². The van der Waals surface area contributed by atoms with E-state index in [0.29, 0.717) is 6.54 Å². The Morgan fingerprint density at radius 2 is 2.15 bits per heavy atom. The molecule has 0 saturated carbocycles. The minimum Gasteiger partial charge on any atom is -0.409 e. The first-order valence-corrected chi connectivity index (χ1v) is 8.45. The van der Waals surface area contributed by atoms with Gasteiger partial charge in [0.15, 0.2) is 0 Å². The molecule has 0 aromatic heterocycles. The highest BCUT2D eigenvalue weighted by molar-refractivity contribution is 7.86. The molecule has 1 saturated heterocycles. The fourth-order valence-corrected chi connectivity index (χ4v) is 4.51. The van der Waals surface area contributed by atoms with Crippen LogP contribution in [0.1, 0.15) is 46.5 Å². The van der Waals surface area contributed by atoms with Crippen molar-refractivity contribution in [3.8, 4) is 0 Å². The molecule has 1 aliphatic heterocycles. The van der Waals surface area contributed by atoms with Crippen LogP contribution in [-0.2, 0) is 10.2 Å². The van der Waals surface area contributed by atoms with Crippen LogP contribution in [0.3, 0.4) is 0 Å². The number of hydrogen-bond acceptors (Lipinski definition) is 4. The minimum atomic E-state index is -3.50. The highest BCUT2D eigenvalue weighted by Gasteiger charge is 2.35. The maximum Gasteiger partial charge on any atom is 0.282 e. The van der Waals surface area contributed by atoms with Crippen molar-refractivity contribution in [3.05, 3.63) is 0 Å². The van der Waals surface area contributed by atoms with Crippen LogP contribution in [0, 0.1) is 0 Å². The third-order valence-corrected chi connectivity index (χ3v) is 5.96. The Bertz CT molecular complexity index is 436. The number of rotatable bonds is 6. The van der Waals surface area contributed by atoms with Crippen LogP contribution in [0.5, 0.6) is 0 Å². The summed E-state index contributed by atoms with van der Waals surface area (Å²) < 4.78 is 28.5. The molecule has 118 valence electrons. The molecule has 7 nitrogen and oxygen atoms in total. The SMILES string of the molecule is CC(C)N(CCC(N)=NO)S(=O)(=O)N1CCCCC1C. The molecule has 1 fully saturated rings. The van der Waals surface area contributed by atoms with Crippen molar-refractivity contribution in [2.45, 2.75) is 58.5 Å². The third kappa shape index (κ3) is 4.07. The molecule has 0 bridgehead atoms. The summed E-state index contributed by atoms with van der Waals surface area (Å²) in [7, 11) is -3.50. The lowest BCUT2D eigenvalue weighted by atomic mass is 10.1. The number of nitrogens with zero attached hydrogens (tertiary/aromatic N) is 3. The van der Waals surface area contributed by atoms with Crippen LogP contribution in [0.2, 0.25) is 0 Å². The molecule has 1 aliphatic rings. The first kappa shape index (κ1) is 17.2. The predicted octanol–water partition coefficient (Wildman–Crippen LogP) is 0.953. The Morgan fingerprint density at radius 3 is 2.65 bits per heavy atom. The molecular weight excluding hydrogens is 280 g/mol. The quantitative estimate of drug-likeness (QED) is 0.330. The first-order valence-electron chi connectivity index (χ1n) is 7.05. The molecule has 0 amide bonds. The van der Waals surface area contributed by atoms with E-state index in [9.17, 15) is 8.42 Å². The van der Waals surface area contributed by atoms with Crippen molar-refractivity contribution in [3.63, 3.8) is 0 Å². The molecule has 1 unspecified atom stereocenters. The van der Waals surface area contributed by atoms with Gasteiger partial charge < -0.3 is 10.9 Å². The van der Waals surface area contributed by atoms with Crippen LogP contribution in [-0.4, -0.2) is 53.2 Å². The van der Waals surface area contributed by atoms with Gasteiger partial charge in [-0.3, -0.25) is 0 Å². The minimum absolute atomic E-state index is 0.0267. The molecular formula is C12H26N4O3S.